The number of aryl methyl sites for hydroxylation is 1. The third-order valence-corrected chi connectivity index (χ3v) is 7.06. The average Bonchev–Trinajstić information content (AvgIpc) is 2.97. The first-order chi connectivity index (χ1) is 19.0. The lowest BCUT2D eigenvalue weighted by atomic mass is 9.97. The summed E-state index contributed by atoms with van der Waals surface area (Å²) < 4.78 is 18.0. The molecule has 4 rings (SSSR count). The lowest BCUT2D eigenvalue weighted by Crippen LogP contribution is -2.59. The number of azide groups is 2. The van der Waals surface area contributed by atoms with Gasteiger partial charge in [-0.3, -0.25) is 0 Å². The van der Waals surface area contributed by atoms with Gasteiger partial charge in [-0.25, -0.2) is 9.59 Å². The zero-order chi connectivity index (χ0) is 27.6. The number of ether oxygens (including phenoxy) is 3. The monoisotopic (exact) mass is 544 g/mol. The molecule has 1 fully saturated rings. The highest BCUT2D eigenvalue weighted by Gasteiger charge is 2.50. The van der Waals surface area contributed by atoms with E-state index >= 15 is 0 Å². The van der Waals surface area contributed by atoms with Gasteiger partial charge >= 0.3 is 11.9 Å². The molecule has 3 aromatic carbocycles. The Morgan fingerprint density at radius 2 is 1.41 bits per heavy atom. The zero-order valence-electron chi connectivity index (χ0n) is 20.8. The molecule has 0 spiro atoms. The van der Waals surface area contributed by atoms with Crippen molar-refractivity contribution in [3.63, 3.8) is 0 Å². The van der Waals surface area contributed by atoms with E-state index in [1.165, 1.54) is 11.8 Å². The Morgan fingerprint density at radius 3 is 1.95 bits per heavy atom. The van der Waals surface area contributed by atoms with Gasteiger partial charge < -0.3 is 14.2 Å². The summed E-state index contributed by atoms with van der Waals surface area (Å²) in [6.07, 6.45) is -3.40. The summed E-state index contributed by atoms with van der Waals surface area (Å²) in [5, 5.41) is 7.43. The lowest BCUT2D eigenvalue weighted by Gasteiger charge is -2.43. The fraction of sp³-hybridized carbons (Fsp3) is 0.259. The Hall–Kier alpha value is -4.47. The van der Waals surface area contributed by atoms with Gasteiger partial charge in [0.25, 0.3) is 0 Å². The van der Waals surface area contributed by atoms with Crippen LogP contribution < -0.4 is 0 Å². The minimum absolute atomic E-state index is 0.204. The van der Waals surface area contributed by atoms with Crippen LogP contribution >= 0.6 is 11.8 Å². The maximum atomic E-state index is 13.2. The van der Waals surface area contributed by atoms with Crippen LogP contribution in [-0.2, 0) is 14.2 Å². The van der Waals surface area contributed by atoms with Crippen LogP contribution in [0.2, 0.25) is 0 Å². The number of nitrogens with zero attached hydrogens (tertiary/aromatic N) is 6. The molecule has 0 aliphatic carbocycles. The summed E-state index contributed by atoms with van der Waals surface area (Å²) in [7, 11) is 0. The molecule has 1 aliphatic rings. The van der Waals surface area contributed by atoms with Crippen LogP contribution in [0.15, 0.2) is 100 Å². The first-order valence-electron chi connectivity index (χ1n) is 12.0. The van der Waals surface area contributed by atoms with Crippen molar-refractivity contribution in [3.05, 3.63) is 123 Å². The number of hydrogen-bond acceptors (Lipinski definition) is 8. The van der Waals surface area contributed by atoms with Crippen molar-refractivity contribution in [1.82, 2.24) is 0 Å². The molecule has 0 radical (unpaired) electrons. The minimum atomic E-state index is -1.25. The number of carbonyl (C=O) groups excluding carboxylic acids is 2. The van der Waals surface area contributed by atoms with Crippen LogP contribution in [0.3, 0.4) is 0 Å². The normalized spacial score (nSPS) is 22.0. The van der Waals surface area contributed by atoms with Crippen molar-refractivity contribution in [3.8, 4) is 0 Å². The van der Waals surface area contributed by atoms with Crippen molar-refractivity contribution >= 4 is 23.7 Å². The molecule has 12 heteroatoms. The number of thioether (sulfide) groups is 1. The van der Waals surface area contributed by atoms with Gasteiger partial charge in [0.05, 0.1) is 23.8 Å². The number of rotatable bonds is 9. The van der Waals surface area contributed by atoms with E-state index in [2.05, 4.69) is 20.1 Å². The summed E-state index contributed by atoms with van der Waals surface area (Å²) in [5.74, 6) is -1.38. The van der Waals surface area contributed by atoms with E-state index in [-0.39, 0.29) is 17.7 Å². The molecule has 198 valence electrons. The van der Waals surface area contributed by atoms with E-state index in [1.54, 1.807) is 60.7 Å². The molecule has 0 saturated carbocycles. The molecule has 1 heterocycles. The second-order valence-electron chi connectivity index (χ2n) is 8.55. The van der Waals surface area contributed by atoms with Gasteiger partial charge in [0.15, 0.2) is 12.2 Å². The van der Waals surface area contributed by atoms with E-state index in [9.17, 15) is 15.1 Å². The second-order valence-corrected chi connectivity index (χ2v) is 9.73. The zero-order valence-corrected chi connectivity index (χ0v) is 21.6. The summed E-state index contributed by atoms with van der Waals surface area (Å²) in [6.45, 7) is 1.75. The third-order valence-electron chi connectivity index (χ3n) is 5.91. The molecule has 3 aromatic rings. The Kier molecular flexibility index (Phi) is 9.44. The molecule has 5 atom stereocenters. The van der Waals surface area contributed by atoms with Gasteiger partial charge in [-0.15, -0.1) is 0 Å². The van der Waals surface area contributed by atoms with Crippen molar-refractivity contribution < 1.29 is 23.8 Å². The lowest BCUT2D eigenvalue weighted by molar-refractivity contribution is -0.149. The van der Waals surface area contributed by atoms with Crippen molar-refractivity contribution in [2.45, 2.75) is 41.6 Å². The van der Waals surface area contributed by atoms with Crippen LogP contribution in [0.1, 0.15) is 26.3 Å². The summed E-state index contributed by atoms with van der Waals surface area (Å²) in [6, 6.07) is 23.0. The maximum Gasteiger partial charge on any atom is 0.338 e. The fourth-order valence-corrected chi connectivity index (χ4v) is 5.10. The van der Waals surface area contributed by atoms with Gasteiger partial charge in [-0.2, -0.15) is 0 Å². The number of carbonyl (C=O) groups is 2. The van der Waals surface area contributed by atoms with Crippen molar-refractivity contribution in [2.24, 2.45) is 10.2 Å². The first-order valence-corrected chi connectivity index (χ1v) is 12.8. The van der Waals surface area contributed by atoms with Crippen molar-refractivity contribution in [2.75, 3.05) is 6.54 Å². The molecule has 11 nitrogen and oxygen atoms in total. The molecule has 1 aliphatic heterocycles. The van der Waals surface area contributed by atoms with Crippen LogP contribution in [0.5, 0.6) is 0 Å². The van der Waals surface area contributed by atoms with E-state index in [1.807, 2.05) is 31.2 Å². The average molecular weight is 545 g/mol. The number of benzene rings is 3. The summed E-state index contributed by atoms with van der Waals surface area (Å²) in [5.41, 5.74) is 19.0. The van der Waals surface area contributed by atoms with Gasteiger partial charge in [0.1, 0.15) is 11.5 Å². The SMILES string of the molecule is Cc1ccc(S[C@@H]2O[C@H](CN=[N+]=[N-])[C@@H](N=[N+]=[N-])[C@H](OC(=O)c3ccccc3)[C@H]2OC(=O)c2ccccc2)cc1. The second kappa shape index (κ2) is 13.4. The molecule has 0 N–H and O–H groups in total. The Balaban J connectivity index is 1.75. The molecule has 1 saturated heterocycles. The van der Waals surface area contributed by atoms with Gasteiger partial charge in [-0.05, 0) is 54.4 Å². The molecular weight excluding hydrogens is 520 g/mol. The Bertz CT molecular complexity index is 1380. The van der Waals surface area contributed by atoms with Gasteiger partial charge in [0.2, 0.25) is 0 Å². The first kappa shape index (κ1) is 27.6. The van der Waals surface area contributed by atoms with Gasteiger partial charge in [-0.1, -0.05) is 76.1 Å². The molecule has 0 bridgehead atoms. The van der Waals surface area contributed by atoms with Crippen LogP contribution in [0.4, 0.5) is 0 Å². The van der Waals surface area contributed by atoms with E-state index in [0.717, 1.165) is 10.5 Å². The molecular formula is C27H24N6O5S. The Labute approximate surface area is 228 Å². The van der Waals surface area contributed by atoms with E-state index in [0.29, 0.717) is 0 Å². The predicted octanol–water partition coefficient (Wildman–Crippen LogP) is 6.25. The highest BCUT2D eigenvalue weighted by atomic mass is 32.2. The summed E-state index contributed by atoms with van der Waals surface area (Å²) >= 11 is 1.24. The quantitative estimate of drug-likeness (QED) is 0.134. The van der Waals surface area contributed by atoms with Crippen LogP contribution in [0, 0.1) is 6.92 Å². The topological polar surface area (TPSA) is 159 Å². The fourth-order valence-electron chi connectivity index (χ4n) is 4.00. The van der Waals surface area contributed by atoms with E-state index in [4.69, 9.17) is 19.7 Å². The van der Waals surface area contributed by atoms with Gasteiger partial charge in [0, 0.05) is 14.7 Å². The number of hydrogen-bond donors (Lipinski definition) is 0. The van der Waals surface area contributed by atoms with Crippen LogP contribution in [0.25, 0.3) is 20.9 Å². The molecule has 0 amide bonds. The smallest absolute Gasteiger partial charge is 0.338 e. The van der Waals surface area contributed by atoms with E-state index < -0.39 is 41.7 Å². The van der Waals surface area contributed by atoms with Crippen LogP contribution in [-0.4, -0.2) is 48.3 Å². The molecule has 0 aromatic heterocycles. The summed E-state index contributed by atoms with van der Waals surface area (Å²) in [4.78, 5) is 32.8. The van der Waals surface area contributed by atoms with Crippen molar-refractivity contribution in [1.29, 1.82) is 0 Å². The number of esters is 2. The highest BCUT2D eigenvalue weighted by Crippen LogP contribution is 2.38. The predicted molar refractivity (Wildman–Crippen MR) is 144 cm³/mol. The third kappa shape index (κ3) is 7.10. The minimum Gasteiger partial charge on any atom is -0.454 e. The largest absolute Gasteiger partial charge is 0.454 e. The highest BCUT2D eigenvalue weighted by molar-refractivity contribution is 7.99. The Morgan fingerprint density at radius 1 is 0.846 bits per heavy atom. The molecule has 39 heavy (non-hydrogen) atoms. The standard InChI is InChI=1S/C27H24N6O5S/c1-17-12-14-20(15-13-17)39-27-24(38-26(35)19-10-6-3-7-11-19)23(37-25(34)18-8-4-2-5-9-18)22(31-33-29)21(36-27)16-30-32-28/h2-15,21-24,27H,16H2,1H3/t21-,22-,23+,24-,27+/m1/s1. The molecule has 0 unspecified atom stereocenters. The maximum absolute atomic E-state index is 13.2.